The third kappa shape index (κ3) is 3.90. The van der Waals surface area contributed by atoms with E-state index in [1.54, 1.807) is 0 Å². The Morgan fingerprint density at radius 1 is 1.18 bits per heavy atom. The van der Waals surface area contributed by atoms with Crippen molar-refractivity contribution in [1.82, 2.24) is 4.90 Å². The molecule has 1 saturated heterocycles. The van der Waals surface area contributed by atoms with E-state index in [9.17, 15) is 18.8 Å². The standard InChI is InChI=1S/C16H19FN2O3/c17-12-8-6-11(7-9-12)14(20)4-1-5-15(21)19-10-2-3-13(19)16(18)22/h6-9,13H,1-5,10H2,(H2,18,22)/t13-/m1/s1. The average molecular weight is 306 g/mol. The van der Waals surface area contributed by atoms with Crippen molar-refractivity contribution >= 4 is 17.6 Å². The van der Waals surface area contributed by atoms with E-state index in [4.69, 9.17) is 5.73 Å². The number of primary amides is 1. The van der Waals surface area contributed by atoms with E-state index >= 15 is 0 Å². The fourth-order valence-electron chi connectivity index (χ4n) is 2.68. The summed E-state index contributed by atoms with van der Waals surface area (Å²) in [5.74, 6) is -1.14. The predicted octanol–water partition coefficient (Wildman–Crippen LogP) is 1.65. The van der Waals surface area contributed by atoms with Gasteiger partial charge in [-0.15, -0.1) is 0 Å². The number of nitrogens with two attached hydrogens (primary N) is 1. The monoisotopic (exact) mass is 306 g/mol. The lowest BCUT2D eigenvalue weighted by molar-refractivity contribution is -0.137. The quantitative estimate of drug-likeness (QED) is 0.812. The molecule has 1 fully saturated rings. The zero-order chi connectivity index (χ0) is 16.1. The first-order valence-corrected chi connectivity index (χ1v) is 7.36. The minimum Gasteiger partial charge on any atom is -0.368 e. The van der Waals surface area contributed by atoms with E-state index < -0.39 is 17.8 Å². The first-order valence-electron chi connectivity index (χ1n) is 7.36. The summed E-state index contributed by atoms with van der Waals surface area (Å²) in [4.78, 5) is 36.7. The van der Waals surface area contributed by atoms with Crippen LogP contribution in [0.2, 0.25) is 0 Å². The van der Waals surface area contributed by atoms with Gasteiger partial charge in [0.15, 0.2) is 5.78 Å². The summed E-state index contributed by atoms with van der Waals surface area (Å²) >= 11 is 0. The van der Waals surface area contributed by atoms with Gasteiger partial charge in [0.05, 0.1) is 0 Å². The van der Waals surface area contributed by atoms with Gasteiger partial charge >= 0.3 is 0 Å². The number of nitrogens with zero attached hydrogens (tertiary/aromatic N) is 1. The normalized spacial score (nSPS) is 17.5. The molecule has 1 heterocycles. The van der Waals surface area contributed by atoms with Crippen LogP contribution in [0.5, 0.6) is 0 Å². The molecule has 5 nitrogen and oxygen atoms in total. The smallest absolute Gasteiger partial charge is 0.240 e. The van der Waals surface area contributed by atoms with Gasteiger partial charge in [0.2, 0.25) is 11.8 Å². The molecule has 6 heteroatoms. The molecule has 0 radical (unpaired) electrons. The van der Waals surface area contributed by atoms with Gasteiger partial charge in [0.25, 0.3) is 0 Å². The third-order valence-corrected chi connectivity index (χ3v) is 3.86. The summed E-state index contributed by atoms with van der Waals surface area (Å²) in [5.41, 5.74) is 5.71. The van der Waals surface area contributed by atoms with Gasteiger partial charge in [-0.1, -0.05) is 0 Å². The van der Waals surface area contributed by atoms with Crippen molar-refractivity contribution in [1.29, 1.82) is 0 Å². The van der Waals surface area contributed by atoms with Crippen LogP contribution in [0, 0.1) is 5.82 Å². The van der Waals surface area contributed by atoms with Gasteiger partial charge in [-0.3, -0.25) is 14.4 Å². The van der Waals surface area contributed by atoms with E-state index in [0.717, 1.165) is 6.42 Å². The molecule has 0 spiro atoms. The van der Waals surface area contributed by atoms with Crippen LogP contribution in [-0.4, -0.2) is 35.1 Å². The number of halogens is 1. The van der Waals surface area contributed by atoms with Gasteiger partial charge in [0.1, 0.15) is 11.9 Å². The number of hydrogen-bond acceptors (Lipinski definition) is 3. The highest BCUT2D eigenvalue weighted by atomic mass is 19.1. The van der Waals surface area contributed by atoms with E-state index in [1.165, 1.54) is 29.2 Å². The first-order chi connectivity index (χ1) is 10.5. The Labute approximate surface area is 128 Å². The van der Waals surface area contributed by atoms with Crippen molar-refractivity contribution in [2.45, 2.75) is 38.1 Å². The Balaban J connectivity index is 1.80. The summed E-state index contributed by atoms with van der Waals surface area (Å²) in [6.45, 7) is 0.540. The number of Topliss-reactive ketones (excluding diaryl/α,β-unsaturated/α-hetero) is 1. The molecule has 2 amide bonds. The Kier molecular flexibility index (Phi) is 5.25. The van der Waals surface area contributed by atoms with Crippen LogP contribution in [0.15, 0.2) is 24.3 Å². The third-order valence-electron chi connectivity index (χ3n) is 3.86. The summed E-state index contributed by atoms with van der Waals surface area (Å²) in [6.07, 6.45) is 2.20. The van der Waals surface area contributed by atoms with Gasteiger partial charge in [-0.05, 0) is 43.5 Å². The summed E-state index contributed by atoms with van der Waals surface area (Å²) in [6, 6.07) is 4.83. The molecule has 2 N–H and O–H groups in total. The molecule has 0 aromatic heterocycles. The number of carbonyl (C=O) groups excluding carboxylic acids is 3. The molecule has 2 rings (SSSR count). The molecule has 22 heavy (non-hydrogen) atoms. The highest BCUT2D eigenvalue weighted by Crippen LogP contribution is 2.19. The molecule has 1 aromatic rings. The van der Waals surface area contributed by atoms with Crippen LogP contribution in [0.25, 0.3) is 0 Å². The highest BCUT2D eigenvalue weighted by molar-refractivity contribution is 5.96. The second-order valence-corrected chi connectivity index (χ2v) is 5.43. The fourth-order valence-corrected chi connectivity index (χ4v) is 2.68. The molecule has 1 atom stereocenters. The minimum atomic E-state index is -0.514. The molecule has 118 valence electrons. The van der Waals surface area contributed by atoms with Gasteiger partial charge < -0.3 is 10.6 Å². The summed E-state index contributed by atoms with van der Waals surface area (Å²) in [5, 5.41) is 0. The largest absolute Gasteiger partial charge is 0.368 e. The number of ketones is 1. The summed E-state index contributed by atoms with van der Waals surface area (Å²) in [7, 11) is 0. The Morgan fingerprint density at radius 2 is 1.86 bits per heavy atom. The summed E-state index contributed by atoms with van der Waals surface area (Å²) < 4.78 is 12.8. The number of hydrogen-bond donors (Lipinski definition) is 1. The second-order valence-electron chi connectivity index (χ2n) is 5.43. The Bertz CT molecular complexity index is 571. The average Bonchev–Trinajstić information content (AvgIpc) is 2.97. The fraction of sp³-hybridized carbons (Fsp3) is 0.438. The molecular weight excluding hydrogens is 287 g/mol. The van der Waals surface area contributed by atoms with Crippen molar-refractivity contribution in [3.05, 3.63) is 35.6 Å². The number of amides is 2. The topological polar surface area (TPSA) is 80.5 Å². The zero-order valence-electron chi connectivity index (χ0n) is 12.3. The first kappa shape index (κ1) is 16.1. The lowest BCUT2D eigenvalue weighted by Crippen LogP contribution is -2.43. The molecule has 0 unspecified atom stereocenters. The van der Waals surface area contributed by atoms with Crippen molar-refractivity contribution < 1.29 is 18.8 Å². The van der Waals surface area contributed by atoms with Crippen molar-refractivity contribution in [3.63, 3.8) is 0 Å². The molecule has 1 aromatic carbocycles. The number of carbonyl (C=O) groups is 3. The maximum Gasteiger partial charge on any atom is 0.240 e. The maximum atomic E-state index is 12.8. The number of rotatable bonds is 6. The van der Waals surface area contributed by atoms with Crippen LogP contribution >= 0.6 is 0 Å². The van der Waals surface area contributed by atoms with Crippen LogP contribution in [0.4, 0.5) is 4.39 Å². The zero-order valence-corrected chi connectivity index (χ0v) is 12.3. The van der Waals surface area contributed by atoms with E-state index in [1.807, 2.05) is 0 Å². The van der Waals surface area contributed by atoms with E-state index in [0.29, 0.717) is 24.9 Å². The number of benzene rings is 1. The van der Waals surface area contributed by atoms with Crippen LogP contribution in [0.1, 0.15) is 42.5 Å². The van der Waals surface area contributed by atoms with Crippen LogP contribution in [-0.2, 0) is 9.59 Å². The molecule has 0 bridgehead atoms. The maximum absolute atomic E-state index is 12.8. The Morgan fingerprint density at radius 3 is 2.50 bits per heavy atom. The van der Waals surface area contributed by atoms with Crippen molar-refractivity contribution in [2.75, 3.05) is 6.54 Å². The van der Waals surface area contributed by atoms with Gasteiger partial charge in [0, 0.05) is 24.9 Å². The minimum absolute atomic E-state index is 0.124. The molecule has 1 aliphatic heterocycles. The van der Waals surface area contributed by atoms with Gasteiger partial charge in [-0.25, -0.2) is 4.39 Å². The molecule has 0 saturated carbocycles. The van der Waals surface area contributed by atoms with Crippen molar-refractivity contribution in [2.24, 2.45) is 5.73 Å². The lowest BCUT2D eigenvalue weighted by atomic mass is 10.1. The van der Waals surface area contributed by atoms with Crippen LogP contribution < -0.4 is 5.73 Å². The van der Waals surface area contributed by atoms with Crippen molar-refractivity contribution in [3.8, 4) is 0 Å². The van der Waals surface area contributed by atoms with Crippen LogP contribution in [0.3, 0.4) is 0 Å². The van der Waals surface area contributed by atoms with E-state index in [2.05, 4.69) is 0 Å². The SMILES string of the molecule is NC(=O)[C@H]1CCCN1C(=O)CCCC(=O)c1ccc(F)cc1. The van der Waals surface area contributed by atoms with Gasteiger partial charge in [-0.2, -0.15) is 0 Å². The molecular formula is C16H19FN2O3. The van der Waals surface area contributed by atoms with E-state index in [-0.39, 0.29) is 24.5 Å². The lowest BCUT2D eigenvalue weighted by Gasteiger charge is -2.22. The highest BCUT2D eigenvalue weighted by Gasteiger charge is 2.32. The second kappa shape index (κ2) is 7.15. The predicted molar refractivity (Wildman–Crippen MR) is 78.5 cm³/mol. The molecule has 0 aliphatic carbocycles. The Hall–Kier alpha value is -2.24. The number of likely N-dealkylation sites (tertiary alicyclic amines) is 1. The molecule has 1 aliphatic rings.